The monoisotopic (exact) mass is 221 g/mol. The Hall–Kier alpha value is -1.18. The van der Waals surface area contributed by atoms with Crippen molar-refractivity contribution in [1.82, 2.24) is 0 Å². The molecule has 1 aromatic carbocycles. The van der Waals surface area contributed by atoms with Crippen LogP contribution in [0.15, 0.2) is 18.2 Å². The van der Waals surface area contributed by atoms with Crippen molar-refractivity contribution in [1.29, 1.82) is 0 Å². The fraction of sp³-hybridized carbons (Fsp3) is 0.571. The van der Waals surface area contributed by atoms with Crippen LogP contribution >= 0.6 is 0 Å². The molecule has 0 aliphatic heterocycles. The van der Waals surface area contributed by atoms with Crippen molar-refractivity contribution in [3.63, 3.8) is 0 Å². The fourth-order valence-electron chi connectivity index (χ4n) is 1.92. The number of ether oxygens (including phenoxy) is 1. The summed E-state index contributed by atoms with van der Waals surface area (Å²) in [6.45, 7) is 8.78. The largest absolute Gasteiger partial charge is 0.496 e. The van der Waals surface area contributed by atoms with Gasteiger partial charge in [0, 0.05) is 11.7 Å². The number of hydrogen-bond donors (Lipinski definition) is 1. The molecule has 0 aliphatic carbocycles. The van der Waals surface area contributed by atoms with Crippen molar-refractivity contribution in [3.05, 3.63) is 23.8 Å². The topological polar surface area (TPSA) is 21.3 Å². The maximum atomic E-state index is 5.25. The van der Waals surface area contributed by atoms with E-state index in [9.17, 15) is 0 Å². The average Bonchev–Trinajstić information content (AvgIpc) is 2.25. The number of nitrogens with one attached hydrogen (secondary N) is 1. The van der Waals surface area contributed by atoms with Gasteiger partial charge in [0.1, 0.15) is 5.75 Å². The Labute approximate surface area is 99.0 Å². The number of anilines is 1. The van der Waals surface area contributed by atoms with Gasteiger partial charge < -0.3 is 10.1 Å². The smallest absolute Gasteiger partial charge is 0.121 e. The van der Waals surface area contributed by atoms with Gasteiger partial charge >= 0.3 is 0 Å². The van der Waals surface area contributed by atoms with Crippen molar-refractivity contribution in [2.24, 2.45) is 5.92 Å². The van der Waals surface area contributed by atoms with Crippen molar-refractivity contribution < 1.29 is 4.74 Å². The van der Waals surface area contributed by atoms with Crippen LogP contribution in [0.5, 0.6) is 5.75 Å². The van der Waals surface area contributed by atoms with Gasteiger partial charge in [-0.2, -0.15) is 0 Å². The minimum absolute atomic E-state index is 0.535. The maximum absolute atomic E-state index is 5.25. The third-order valence-electron chi connectivity index (χ3n) is 2.99. The van der Waals surface area contributed by atoms with E-state index in [4.69, 9.17) is 4.74 Å². The zero-order valence-electron chi connectivity index (χ0n) is 11.0. The highest BCUT2D eigenvalue weighted by atomic mass is 16.5. The highest BCUT2D eigenvalue weighted by molar-refractivity contribution is 5.51. The Bertz CT molecular complexity index is 334. The van der Waals surface area contributed by atoms with Crippen LogP contribution in [0.3, 0.4) is 0 Å². The van der Waals surface area contributed by atoms with E-state index in [-0.39, 0.29) is 0 Å². The van der Waals surface area contributed by atoms with Crippen molar-refractivity contribution in [2.45, 2.75) is 40.2 Å². The first-order valence-electron chi connectivity index (χ1n) is 5.99. The van der Waals surface area contributed by atoms with Crippen LogP contribution in [0.1, 0.15) is 32.8 Å². The lowest BCUT2D eigenvalue weighted by molar-refractivity contribution is 0.411. The first-order valence-corrected chi connectivity index (χ1v) is 5.99. The van der Waals surface area contributed by atoms with Crippen LogP contribution in [0.25, 0.3) is 0 Å². The lowest BCUT2D eigenvalue weighted by Crippen LogP contribution is -2.24. The van der Waals surface area contributed by atoms with Gasteiger partial charge in [-0.3, -0.25) is 0 Å². The summed E-state index contributed by atoms with van der Waals surface area (Å²) in [4.78, 5) is 0. The molecule has 1 aromatic rings. The average molecular weight is 221 g/mol. The van der Waals surface area contributed by atoms with Gasteiger partial charge in [0.15, 0.2) is 0 Å². The minimum atomic E-state index is 0.535. The van der Waals surface area contributed by atoms with Crippen LogP contribution in [0.4, 0.5) is 5.69 Å². The Morgan fingerprint density at radius 1 is 1.31 bits per heavy atom. The summed E-state index contributed by atoms with van der Waals surface area (Å²) < 4.78 is 5.25. The third-order valence-corrected chi connectivity index (χ3v) is 2.99. The highest BCUT2D eigenvalue weighted by Crippen LogP contribution is 2.23. The molecule has 0 aromatic heterocycles. The van der Waals surface area contributed by atoms with Gasteiger partial charge in [-0.1, -0.05) is 20.8 Å². The van der Waals surface area contributed by atoms with Crippen LogP contribution in [-0.4, -0.2) is 13.2 Å². The van der Waals surface area contributed by atoms with Crippen LogP contribution in [0, 0.1) is 12.8 Å². The first kappa shape index (κ1) is 12.9. The molecule has 0 saturated heterocycles. The molecule has 0 bridgehead atoms. The second-order valence-corrected chi connectivity index (χ2v) is 4.59. The molecule has 1 unspecified atom stereocenters. The summed E-state index contributed by atoms with van der Waals surface area (Å²) in [6.07, 6.45) is 1.14. The molecule has 1 atom stereocenters. The molecule has 0 fully saturated rings. The van der Waals surface area contributed by atoms with Crippen molar-refractivity contribution in [3.8, 4) is 5.75 Å². The Kier molecular flexibility index (Phi) is 4.66. The standard InChI is InChI=1S/C14H23NO/c1-6-13(10(2)3)15-12-7-8-14(16-5)11(4)9-12/h7-10,13,15H,6H2,1-5H3. The molecule has 2 nitrogen and oxygen atoms in total. The van der Waals surface area contributed by atoms with E-state index < -0.39 is 0 Å². The number of benzene rings is 1. The van der Waals surface area contributed by atoms with Crippen molar-refractivity contribution >= 4 is 5.69 Å². The van der Waals surface area contributed by atoms with E-state index in [1.807, 2.05) is 6.07 Å². The lowest BCUT2D eigenvalue weighted by Gasteiger charge is -2.22. The summed E-state index contributed by atoms with van der Waals surface area (Å²) in [5, 5.41) is 3.56. The number of hydrogen-bond acceptors (Lipinski definition) is 2. The molecule has 16 heavy (non-hydrogen) atoms. The highest BCUT2D eigenvalue weighted by Gasteiger charge is 2.10. The van der Waals surface area contributed by atoms with E-state index in [1.165, 1.54) is 11.3 Å². The zero-order chi connectivity index (χ0) is 12.1. The first-order chi connectivity index (χ1) is 7.58. The molecule has 0 amide bonds. The van der Waals surface area contributed by atoms with Gasteiger partial charge in [0.05, 0.1) is 7.11 Å². The second-order valence-electron chi connectivity index (χ2n) is 4.59. The molecule has 90 valence electrons. The molecule has 1 N–H and O–H groups in total. The minimum Gasteiger partial charge on any atom is -0.496 e. The SMILES string of the molecule is CCC(Nc1ccc(OC)c(C)c1)C(C)C. The van der Waals surface area contributed by atoms with E-state index in [0.717, 1.165) is 12.2 Å². The van der Waals surface area contributed by atoms with Gasteiger partial charge in [-0.05, 0) is 43.0 Å². The fourth-order valence-corrected chi connectivity index (χ4v) is 1.92. The predicted octanol–water partition coefficient (Wildman–Crippen LogP) is 3.85. The van der Waals surface area contributed by atoms with Crippen molar-refractivity contribution in [2.75, 3.05) is 12.4 Å². The van der Waals surface area contributed by atoms with Crippen LogP contribution < -0.4 is 10.1 Å². The quantitative estimate of drug-likeness (QED) is 0.815. The van der Waals surface area contributed by atoms with Gasteiger partial charge in [0.25, 0.3) is 0 Å². The van der Waals surface area contributed by atoms with Crippen LogP contribution in [-0.2, 0) is 0 Å². The Balaban J connectivity index is 2.78. The maximum Gasteiger partial charge on any atom is 0.121 e. The third kappa shape index (κ3) is 3.16. The zero-order valence-corrected chi connectivity index (χ0v) is 11.0. The molecule has 2 heteroatoms. The summed E-state index contributed by atoms with van der Waals surface area (Å²) in [5.74, 6) is 1.59. The summed E-state index contributed by atoms with van der Waals surface area (Å²) in [7, 11) is 1.71. The summed E-state index contributed by atoms with van der Waals surface area (Å²) in [5.41, 5.74) is 2.35. The molecule has 0 saturated carbocycles. The van der Waals surface area contributed by atoms with Crippen LogP contribution in [0.2, 0.25) is 0 Å². The normalized spacial score (nSPS) is 12.6. The molecular weight excluding hydrogens is 198 g/mol. The number of rotatable bonds is 5. The van der Waals surface area contributed by atoms with Gasteiger partial charge in [0.2, 0.25) is 0 Å². The Morgan fingerprint density at radius 2 is 2.00 bits per heavy atom. The molecule has 0 aliphatic rings. The van der Waals surface area contributed by atoms with E-state index in [1.54, 1.807) is 7.11 Å². The van der Waals surface area contributed by atoms with Gasteiger partial charge in [-0.25, -0.2) is 0 Å². The summed E-state index contributed by atoms with van der Waals surface area (Å²) in [6, 6.07) is 6.78. The summed E-state index contributed by atoms with van der Waals surface area (Å²) >= 11 is 0. The molecule has 1 rings (SSSR count). The predicted molar refractivity (Wildman–Crippen MR) is 70.3 cm³/mol. The molecule has 0 radical (unpaired) electrons. The molecule has 0 spiro atoms. The van der Waals surface area contributed by atoms with Gasteiger partial charge in [-0.15, -0.1) is 0 Å². The number of aryl methyl sites for hydroxylation is 1. The molecule has 0 heterocycles. The van der Waals surface area contributed by atoms with E-state index in [2.05, 4.69) is 45.1 Å². The van der Waals surface area contributed by atoms with E-state index >= 15 is 0 Å². The molecular formula is C14H23NO. The lowest BCUT2D eigenvalue weighted by atomic mass is 10.0. The second kappa shape index (κ2) is 5.78. The van der Waals surface area contributed by atoms with E-state index in [0.29, 0.717) is 12.0 Å². The number of methoxy groups -OCH3 is 1. The Morgan fingerprint density at radius 3 is 2.44 bits per heavy atom.